The van der Waals surface area contributed by atoms with Gasteiger partial charge in [-0.15, -0.1) is 0 Å². The van der Waals surface area contributed by atoms with Crippen molar-refractivity contribution in [3.05, 3.63) is 0 Å². The van der Waals surface area contributed by atoms with E-state index in [0.29, 0.717) is 11.9 Å². The molecule has 0 aliphatic carbocycles. The van der Waals surface area contributed by atoms with Gasteiger partial charge in [-0.25, -0.2) is 0 Å². The molecule has 0 spiro atoms. The number of carbonyl (C=O) groups is 1. The van der Waals surface area contributed by atoms with Crippen molar-refractivity contribution >= 4 is 5.91 Å². The molecular weight excluding hydrogens is 176 g/mol. The fourth-order valence-corrected chi connectivity index (χ4v) is 1.70. The van der Waals surface area contributed by atoms with E-state index in [1.54, 1.807) is 0 Å². The van der Waals surface area contributed by atoms with Crippen LogP contribution < -0.4 is 5.32 Å². The summed E-state index contributed by atoms with van der Waals surface area (Å²) in [5.41, 5.74) is 0. The van der Waals surface area contributed by atoms with Crippen LogP contribution in [0.15, 0.2) is 0 Å². The zero-order valence-corrected chi connectivity index (χ0v) is 9.38. The topological polar surface area (TPSA) is 32.3 Å². The summed E-state index contributed by atoms with van der Waals surface area (Å²) in [7, 11) is 0. The van der Waals surface area contributed by atoms with Crippen molar-refractivity contribution in [1.29, 1.82) is 0 Å². The van der Waals surface area contributed by atoms with Crippen LogP contribution in [0.2, 0.25) is 0 Å². The molecule has 1 heterocycles. The Kier molecular flexibility index (Phi) is 4.94. The van der Waals surface area contributed by atoms with Crippen molar-refractivity contribution < 1.29 is 4.79 Å². The largest absolute Gasteiger partial charge is 0.343 e. The monoisotopic (exact) mass is 198 g/mol. The molecule has 1 rings (SSSR count). The van der Waals surface area contributed by atoms with Crippen molar-refractivity contribution in [2.75, 3.05) is 19.6 Å². The van der Waals surface area contributed by atoms with Gasteiger partial charge in [0.25, 0.3) is 0 Å². The van der Waals surface area contributed by atoms with Gasteiger partial charge in [-0.05, 0) is 32.7 Å². The van der Waals surface area contributed by atoms with Gasteiger partial charge >= 0.3 is 0 Å². The molecule has 82 valence electrons. The standard InChI is InChI=1S/C11H22N2O/c1-3-10(2)12-7-5-9-13-8-4-6-11(13)14/h10,12H,3-9H2,1-2H3. The first kappa shape index (κ1) is 11.5. The molecule has 0 aromatic heterocycles. The van der Waals surface area contributed by atoms with E-state index in [0.717, 1.165) is 38.9 Å². The average Bonchev–Trinajstić information content (AvgIpc) is 2.58. The van der Waals surface area contributed by atoms with Crippen molar-refractivity contribution in [2.24, 2.45) is 0 Å². The summed E-state index contributed by atoms with van der Waals surface area (Å²) in [5.74, 6) is 0.341. The molecule has 0 aromatic carbocycles. The molecule has 1 aliphatic heterocycles. The molecule has 14 heavy (non-hydrogen) atoms. The van der Waals surface area contributed by atoms with Crippen LogP contribution in [0, 0.1) is 0 Å². The second-order valence-electron chi connectivity index (χ2n) is 4.10. The Bertz CT molecular complexity index is 182. The third kappa shape index (κ3) is 3.66. The maximum Gasteiger partial charge on any atom is 0.222 e. The van der Waals surface area contributed by atoms with Crippen molar-refractivity contribution in [3.63, 3.8) is 0 Å². The van der Waals surface area contributed by atoms with Crippen LogP contribution in [0.4, 0.5) is 0 Å². The van der Waals surface area contributed by atoms with E-state index >= 15 is 0 Å². The molecule has 0 radical (unpaired) electrons. The molecule has 1 fully saturated rings. The molecule has 1 saturated heterocycles. The normalized spacial score (nSPS) is 19.0. The summed E-state index contributed by atoms with van der Waals surface area (Å²) < 4.78 is 0. The van der Waals surface area contributed by atoms with Gasteiger partial charge in [0.15, 0.2) is 0 Å². The number of nitrogens with zero attached hydrogens (tertiary/aromatic N) is 1. The van der Waals surface area contributed by atoms with Gasteiger partial charge in [0.1, 0.15) is 0 Å². The zero-order chi connectivity index (χ0) is 10.4. The molecule has 0 saturated carbocycles. The van der Waals surface area contributed by atoms with Gasteiger partial charge < -0.3 is 10.2 Å². The Balaban J connectivity index is 2.01. The molecule has 3 nitrogen and oxygen atoms in total. The Morgan fingerprint density at radius 3 is 2.93 bits per heavy atom. The first-order valence-corrected chi connectivity index (χ1v) is 5.75. The lowest BCUT2D eigenvalue weighted by Gasteiger charge is -2.16. The van der Waals surface area contributed by atoms with E-state index in [9.17, 15) is 4.79 Å². The first-order valence-electron chi connectivity index (χ1n) is 5.75. The molecule has 1 N–H and O–H groups in total. The highest BCUT2D eigenvalue weighted by molar-refractivity contribution is 5.77. The third-order valence-electron chi connectivity index (χ3n) is 2.88. The minimum Gasteiger partial charge on any atom is -0.343 e. The van der Waals surface area contributed by atoms with Crippen molar-refractivity contribution in [1.82, 2.24) is 10.2 Å². The fourth-order valence-electron chi connectivity index (χ4n) is 1.70. The highest BCUT2D eigenvalue weighted by Gasteiger charge is 2.18. The van der Waals surface area contributed by atoms with Crippen molar-refractivity contribution in [3.8, 4) is 0 Å². The molecule has 0 aromatic rings. The minimum atomic E-state index is 0.341. The number of rotatable bonds is 6. The highest BCUT2D eigenvalue weighted by atomic mass is 16.2. The van der Waals surface area contributed by atoms with Crippen molar-refractivity contribution in [2.45, 2.75) is 45.6 Å². The smallest absolute Gasteiger partial charge is 0.222 e. The number of likely N-dealkylation sites (tertiary alicyclic amines) is 1. The van der Waals surface area contributed by atoms with E-state index in [1.165, 1.54) is 6.42 Å². The number of hydrogen-bond acceptors (Lipinski definition) is 2. The lowest BCUT2D eigenvalue weighted by molar-refractivity contribution is -0.127. The van der Waals surface area contributed by atoms with E-state index in [-0.39, 0.29) is 0 Å². The van der Waals surface area contributed by atoms with Crippen LogP contribution in [-0.2, 0) is 4.79 Å². The van der Waals surface area contributed by atoms with E-state index in [1.807, 2.05) is 4.90 Å². The van der Waals surface area contributed by atoms with Crippen LogP contribution >= 0.6 is 0 Å². The average molecular weight is 198 g/mol. The van der Waals surface area contributed by atoms with Gasteiger partial charge in [0.05, 0.1) is 0 Å². The van der Waals surface area contributed by atoms with Crippen LogP contribution in [0.1, 0.15) is 39.5 Å². The molecule has 1 aliphatic rings. The third-order valence-corrected chi connectivity index (χ3v) is 2.88. The Labute approximate surface area is 86.9 Å². The summed E-state index contributed by atoms with van der Waals surface area (Å²) >= 11 is 0. The molecule has 1 atom stereocenters. The van der Waals surface area contributed by atoms with Crippen LogP contribution in [0.25, 0.3) is 0 Å². The highest BCUT2D eigenvalue weighted by Crippen LogP contribution is 2.09. The quantitative estimate of drug-likeness (QED) is 0.654. The van der Waals surface area contributed by atoms with E-state index < -0.39 is 0 Å². The molecule has 3 heteroatoms. The molecule has 1 amide bonds. The van der Waals surface area contributed by atoms with Crippen LogP contribution in [0.3, 0.4) is 0 Å². The Morgan fingerprint density at radius 2 is 2.36 bits per heavy atom. The van der Waals surface area contributed by atoms with Crippen LogP contribution in [0.5, 0.6) is 0 Å². The number of hydrogen-bond donors (Lipinski definition) is 1. The van der Waals surface area contributed by atoms with Crippen LogP contribution in [-0.4, -0.2) is 36.5 Å². The molecular formula is C11H22N2O. The SMILES string of the molecule is CCC(C)NCCCN1CCCC1=O. The summed E-state index contributed by atoms with van der Waals surface area (Å²) in [6, 6.07) is 0.601. The van der Waals surface area contributed by atoms with Gasteiger partial charge in [-0.3, -0.25) is 4.79 Å². The number of nitrogens with one attached hydrogen (secondary N) is 1. The summed E-state index contributed by atoms with van der Waals surface area (Å²) in [4.78, 5) is 13.2. The Hall–Kier alpha value is -0.570. The number of carbonyl (C=O) groups excluding carboxylic acids is 1. The maximum absolute atomic E-state index is 11.3. The van der Waals surface area contributed by atoms with E-state index in [4.69, 9.17) is 0 Å². The van der Waals surface area contributed by atoms with Gasteiger partial charge in [-0.1, -0.05) is 6.92 Å². The van der Waals surface area contributed by atoms with E-state index in [2.05, 4.69) is 19.2 Å². The summed E-state index contributed by atoms with van der Waals surface area (Å²) in [5, 5.41) is 3.43. The van der Waals surface area contributed by atoms with Gasteiger partial charge in [0.2, 0.25) is 5.91 Å². The first-order chi connectivity index (χ1) is 6.74. The second kappa shape index (κ2) is 6.02. The van der Waals surface area contributed by atoms with Gasteiger partial charge in [-0.2, -0.15) is 0 Å². The number of amides is 1. The predicted molar refractivity (Wildman–Crippen MR) is 58.2 cm³/mol. The predicted octanol–water partition coefficient (Wildman–Crippen LogP) is 1.39. The summed E-state index contributed by atoms with van der Waals surface area (Å²) in [6.45, 7) is 7.31. The fraction of sp³-hybridized carbons (Fsp3) is 0.909. The lowest BCUT2D eigenvalue weighted by atomic mass is 10.2. The molecule has 1 unspecified atom stereocenters. The minimum absolute atomic E-state index is 0.341. The van der Waals surface area contributed by atoms with Gasteiger partial charge in [0, 0.05) is 25.6 Å². The maximum atomic E-state index is 11.3. The molecule has 0 bridgehead atoms. The zero-order valence-electron chi connectivity index (χ0n) is 9.38. The summed E-state index contributed by atoms with van der Waals surface area (Å²) in [6.07, 6.45) is 4.06. The lowest BCUT2D eigenvalue weighted by Crippen LogP contribution is -2.31. The second-order valence-corrected chi connectivity index (χ2v) is 4.10. The Morgan fingerprint density at radius 1 is 1.57 bits per heavy atom.